The molecule has 0 heterocycles. The fourth-order valence-electron chi connectivity index (χ4n) is 2.45. The summed E-state index contributed by atoms with van der Waals surface area (Å²) in [6, 6.07) is 8.49. The smallest absolute Gasteiger partial charge is 0.453 e. The van der Waals surface area contributed by atoms with Crippen molar-refractivity contribution in [3.8, 4) is 0 Å². The SMILES string of the molecule is C=C(CC)O[Si](C)(C)OC1=C(C)CCc2ccccc21. The zero-order valence-electron chi connectivity index (χ0n) is 13.0. The third-order valence-corrected chi connectivity index (χ3v) is 5.03. The van der Waals surface area contributed by atoms with Gasteiger partial charge in [0.15, 0.2) is 0 Å². The molecule has 0 N–H and O–H groups in total. The van der Waals surface area contributed by atoms with Crippen LogP contribution in [0, 0.1) is 0 Å². The number of allylic oxidation sites excluding steroid dienone is 2. The van der Waals surface area contributed by atoms with Crippen molar-refractivity contribution in [1.29, 1.82) is 0 Å². The Labute approximate surface area is 123 Å². The Balaban J connectivity index is 2.25. The minimum absolute atomic E-state index is 0.809. The van der Waals surface area contributed by atoms with E-state index in [1.807, 2.05) is 6.92 Å². The number of aryl methyl sites for hydroxylation is 1. The van der Waals surface area contributed by atoms with Gasteiger partial charge in [-0.1, -0.05) is 37.8 Å². The number of fused-ring (bicyclic) bond motifs is 1. The van der Waals surface area contributed by atoms with Gasteiger partial charge in [-0.15, -0.1) is 0 Å². The first-order valence-electron chi connectivity index (χ1n) is 7.27. The molecule has 1 aliphatic rings. The van der Waals surface area contributed by atoms with Crippen LogP contribution in [0.2, 0.25) is 13.1 Å². The maximum absolute atomic E-state index is 6.33. The monoisotopic (exact) mass is 288 g/mol. The van der Waals surface area contributed by atoms with E-state index < -0.39 is 8.56 Å². The fourth-order valence-corrected chi connectivity index (χ4v) is 4.11. The topological polar surface area (TPSA) is 18.5 Å². The maximum atomic E-state index is 6.33. The first-order chi connectivity index (χ1) is 9.43. The quantitative estimate of drug-likeness (QED) is 0.559. The lowest BCUT2D eigenvalue weighted by atomic mass is 9.91. The average Bonchev–Trinajstić information content (AvgIpc) is 2.41. The van der Waals surface area contributed by atoms with Crippen LogP contribution in [0.4, 0.5) is 0 Å². The Morgan fingerprint density at radius 3 is 2.65 bits per heavy atom. The molecule has 0 aliphatic heterocycles. The first kappa shape index (κ1) is 14.9. The Kier molecular flexibility index (Phi) is 4.38. The molecular formula is C17H24O2Si. The van der Waals surface area contributed by atoms with Gasteiger partial charge >= 0.3 is 8.56 Å². The summed E-state index contributed by atoms with van der Waals surface area (Å²) in [5.41, 5.74) is 3.91. The van der Waals surface area contributed by atoms with Gasteiger partial charge in [-0.2, -0.15) is 0 Å². The van der Waals surface area contributed by atoms with Gasteiger partial charge in [0.25, 0.3) is 0 Å². The van der Waals surface area contributed by atoms with Crippen molar-refractivity contribution in [3.63, 3.8) is 0 Å². The van der Waals surface area contributed by atoms with E-state index in [1.165, 1.54) is 16.7 Å². The molecule has 0 aromatic heterocycles. The molecule has 0 fully saturated rings. The highest BCUT2D eigenvalue weighted by atomic mass is 28.4. The molecule has 1 aromatic rings. The highest BCUT2D eigenvalue weighted by molar-refractivity contribution is 6.65. The van der Waals surface area contributed by atoms with Crippen LogP contribution in [0.25, 0.3) is 5.76 Å². The Morgan fingerprint density at radius 1 is 1.25 bits per heavy atom. The molecule has 2 rings (SSSR count). The lowest BCUT2D eigenvalue weighted by Crippen LogP contribution is -2.34. The molecule has 0 saturated heterocycles. The van der Waals surface area contributed by atoms with Gasteiger partial charge in [0.1, 0.15) is 5.76 Å². The van der Waals surface area contributed by atoms with E-state index in [9.17, 15) is 0 Å². The van der Waals surface area contributed by atoms with Gasteiger partial charge in [0, 0.05) is 25.1 Å². The van der Waals surface area contributed by atoms with E-state index in [4.69, 9.17) is 8.85 Å². The second kappa shape index (κ2) is 5.88. The third-order valence-electron chi connectivity index (χ3n) is 3.55. The molecule has 3 heteroatoms. The molecule has 0 spiro atoms. The van der Waals surface area contributed by atoms with Gasteiger partial charge < -0.3 is 8.85 Å². The molecule has 0 bridgehead atoms. The molecule has 2 nitrogen and oxygen atoms in total. The average molecular weight is 288 g/mol. The van der Waals surface area contributed by atoms with Crippen molar-refractivity contribution in [1.82, 2.24) is 0 Å². The minimum Gasteiger partial charge on any atom is -0.517 e. The normalized spacial score (nSPS) is 14.8. The zero-order chi connectivity index (χ0) is 14.8. The summed E-state index contributed by atoms with van der Waals surface area (Å²) in [4.78, 5) is 0. The van der Waals surface area contributed by atoms with Crippen molar-refractivity contribution < 1.29 is 8.85 Å². The molecule has 0 unspecified atom stereocenters. The van der Waals surface area contributed by atoms with Gasteiger partial charge in [0.2, 0.25) is 0 Å². The van der Waals surface area contributed by atoms with Crippen LogP contribution in [-0.2, 0) is 15.3 Å². The first-order valence-corrected chi connectivity index (χ1v) is 10.1. The van der Waals surface area contributed by atoms with Crippen LogP contribution >= 0.6 is 0 Å². The van der Waals surface area contributed by atoms with Gasteiger partial charge in [-0.3, -0.25) is 0 Å². The lowest BCUT2D eigenvalue weighted by molar-refractivity contribution is 0.299. The summed E-state index contributed by atoms with van der Waals surface area (Å²) in [6.45, 7) is 12.3. The molecule has 1 aliphatic carbocycles. The summed E-state index contributed by atoms with van der Waals surface area (Å²) in [7, 11) is -2.24. The second-order valence-corrected chi connectivity index (χ2v) is 8.97. The lowest BCUT2D eigenvalue weighted by Gasteiger charge is -2.30. The number of hydrogen-bond donors (Lipinski definition) is 0. The highest BCUT2D eigenvalue weighted by Gasteiger charge is 2.32. The van der Waals surface area contributed by atoms with Crippen LogP contribution in [-0.4, -0.2) is 8.56 Å². The van der Waals surface area contributed by atoms with Crippen molar-refractivity contribution in [2.45, 2.75) is 46.2 Å². The van der Waals surface area contributed by atoms with E-state index in [2.05, 4.69) is 50.9 Å². The third kappa shape index (κ3) is 3.34. The predicted octanol–water partition coefficient (Wildman–Crippen LogP) is 5.02. The number of benzene rings is 1. The van der Waals surface area contributed by atoms with Gasteiger partial charge in [-0.05, 0) is 30.9 Å². The summed E-state index contributed by atoms with van der Waals surface area (Å²) in [5.74, 6) is 1.83. The Bertz CT molecular complexity index is 544. The van der Waals surface area contributed by atoms with Crippen molar-refractivity contribution >= 4 is 14.3 Å². The molecule has 1 aromatic carbocycles. The van der Waals surface area contributed by atoms with Crippen molar-refractivity contribution in [2.75, 3.05) is 0 Å². The Hall–Kier alpha value is -1.48. The summed E-state index contributed by atoms with van der Waals surface area (Å²) < 4.78 is 12.3. The van der Waals surface area contributed by atoms with E-state index >= 15 is 0 Å². The van der Waals surface area contributed by atoms with Crippen molar-refractivity contribution in [2.24, 2.45) is 0 Å². The molecule has 0 radical (unpaired) electrons. The van der Waals surface area contributed by atoms with E-state index in [0.717, 1.165) is 30.8 Å². The largest absolute Gasteiger partial charge is 0.517 e. The minimum atomic E-state index is -2.24. The van der Waals surface area contributed by atoms with Crippen LogP contribution < -0.4 is 0 Å². The Morgan fingerprint density at radius 2 is 1.95 bits per heavy atom. The predicted molar refractivity (Wildman–Crippen MR) is 86.4 cm³/mol. The van der Waals surface area contributed by atoms with Crippen LogP contribution in [0.15, 0.2) is 42.2 Å². The highest BCUT2D eigenvalue weighted by Crippen LogP contribution is 2.34. The van der Waals surface area contributed by atoms with Gasteiger partial charge in [-0.25, -0.2) is 0 Å². The standard InChI is InChI=1S/C17H24O2Si/c1-6-14(3)18-20(4,5)19-17-13(2)11-12-15-9-7-8-10-16(15)17/h7-10H,3,6,11-12H2,1-2,4-5H3. The van der Waals surface area contributed by atoms with Crippen LogP contribution in [0.5, 0.6) is 0 Å². The van der Waals surface area contributed by atoms with Gasteiger partial charge in [0.05, 0.1) is 5.76 Å². The molecule has 0 amide bonds. The van der Waals surface area contributed by atoms with Crippen molar-refractivity contribution in [3.05, 3.63) is 53.3 Å². The molecule has 108 valence electrons. The van der Waals surface area contributed by atoms with E-state index in [1.54, 1.807) is 0 Å². The number of hydrogen-bond acceptors (Lipinski definition) is 2. The second-order valence-electron chi connectivity index (χ2n) is 5.76. The van der Waals surface area contributed by atoms with Crippen LogP contribution in [0.3, 0.4) is 0 Å². The molecular weight excluding hydrogens is 264 g/mol. The fraction of sp³-hybridized carbons (Fsp3) is 0.412. The summed E-state index contributed by atoms with van der Waals surface area (Å²) in [5, 5.41) is 0. The van der Waals surface area contributed by atoms with E-state index in [-0.39, 0.29) is 0 Å². The zero-order valence-corrected chi connectivity index (χ0v) is 14.0. The molecule has 0 saturated carbocycles. The summed E-state index contributed by atoms with van der Waals surface area (Å²) in [6.07, 6.45) is 2.99. The summed E-state index contributed by atoms with van der Waals surface area (Å²) >= 11 is 0. The van der Waals surface area contributed by atoms with Crippen LogP contribution in [0.1, 0.15) is 37.8 Å². The molecule has 20 heavy (non-hydrogen) atoms. The molecule has 0 atom stereocenters. The van der Waals surface area contributed by atoms with E-state index in [0.29, 0.717) is 0 Å². The number of rotatable bonds is 5. The maximum Gasteiger partial charge on any atom is 0.453 e.